The van der Waals surface area contributed by atoms with Gasteiger partial charge in [0.1, 0.15) is 11.2 Å². The average Bonchev–Trinajstić information content (AvgIpc) is 3.73. The van der Waals surface area contributed by atoms with E-state index in [-0.39, 0.29) is 0 Å². The normalized spacial score (nSPS) is 11.8. The summed E-state index contributed by atoms with van der Waals surface area (Å²) in [4.78, 5) is 15.2. The van der Waals surface area contributed by atoms with Gasteiger partial charge in [0.15, 0.2) is 17.5 Å². The first-order chi connectivity index (χ1) is 25.7. The first kappa shape index (κ1) is 28.7. The van der Waals surface area contributed by atoms with Gasteiger partial charge < -0.3 is 8.98 Å². The molecule has 5 nitrogen and oxygen atoms in total. The van der Waals surface area contributed by atoms with Gasteiger partial charge in [0.25, 0.3) is 0 Å². The molecule has 0 aliphatic rings. The van der Waals surface area contributed by atoms with Gasteiger partial charge in [-0.05, 0) is 76.1 Å². The van der Waals surface area contributed by atoms with E-state index < -0.39 is 0 Å². The molecule has 0 amide bonds. The largest absolute Gasteiger partial charge is 0.456 e. The van der Waals surface area contributed by atoms with Crippen LogP contribution in [0.1, 0.15) is 0 Å². The van der Waals surface area contributed by atoms with Crippen molar-refractivity contribution in [1.29, 1.82) is 0 Å². The van der Waals surface area contributed by atoms with Crippen molar-refractivity contribution in [2.24, 2.45) is 0 Å². The fraction of sp³-hybridized carbons (Fsp3) is 0. The molecule has 0 spiro atoms. The zero-order chi connectivity index (χ0) is 34.2. The molecule has 0 saturated heterocycles. The van der Waals surface area contributed by atoms with Crippen molar-refractivity contribution in [2.45, 2.75) is 0 Å². The Kier molecular flexibility index (Phi) is 6.18. The monoisotopic (exact) mass is 664 g/mol. The number of benzene rings is 8. The van der Waals surface area contributed by atoms with Crippen molar-refractivity contribution < 1.29 is 4.42 Å². The third-order valence-corrected chi connectivity index (χ3v) is 10.2. The van der Waals surface area contributed by atoms with Gasteiger partial charge in [-0.25, -0.2) is 15.0 Å². The number of hydrogen-bond donors (Lipinski definition) is 0. The Morgan fingerprint density at radius 2 is 0.923 bits per heavy atom. The summed E-state index contributed by atoms with van der Waals surface area (Å²) in [6.45, 7) is 0. The van der Waals surface area contributed by atoms with Crippen LogP contribution >= 0.6 is 0 Å². The Labute approximate surface area is 298 Å². The maximum Gasteiger partial charge on any atom is 0.164 e. The van der Waals surface area contributed by atoms with Gasteiger partial charge in [-0.15, -0.1) is 0 Å². The molecule has 0 fully saturated rings. The highest BCUT2D eigenvalue weighted by Gasteiger charge is 2.17. The summed E-state index contributed by atoms with van der Waals surface area (Å²) in [7, 11) is 0. The Balaban J connectivity index is 1.09. The summed E-state index contributed by atoms with van der Waals surface area (Å²) in [6.07, 6.45) is 0. The maximum absolute atomic E-state index is 6.43. The highest BCUT2D eigenvalue weighted by Crippen LogP contribution is 2.37. The fourth-order valence-corrected chi connectivity index (χ4v) is 7.67. The van der Waals surface area contributed by atoms with Crippen LogP contribution in [0.2, 0.25) is 0 Å². The quantitative estimate of drug-likeness (QED) is 0.188. The van der Waals surface area contributed by atoms with Crippen LogP contribution in [0.3, 0.4) is 0 Å². The Morgan fingerprint density at radius 1 is 0.346 bits per heavy atom. The minimum Gasteiger partial charge on any atom is -0.456 e. The van der Waals surface area contributed by atoms with Gasteiger partial charge in [0, 0.05) is 43.9 Å². The van der Waals surface area contributed by atoms with E-state index in [1.54, 1.807) is 0 Å². The fourth-order valence-electron chi connectivity index (χ4n) is 7.67. The number of para-hydroxylation sites is 1. The molecule has 0 aliphatic carbocycles. The highest BCUT2D eigenvalue weighted by molar-refractivity contribution is 6.14. The van der Waals surface area contributed by atoms with Crippen LogP contribution in [-0.2, 0) is 0 Å². The third kappa shape index (κ3) is 4.53. The van der Waals surface area contributed by atoms with E-state index in [1.165, 1.54) is 26.9 Å². The van der Waals surface area contributed by atoms with Gasteiger partial charge in [0.2, 0.25) is 0 Å². The Hall–Kier alpha value is -7.11. The summed E-state index contributed by atoms with van der Waals surface area (Å²) >= 11 is 0. The molecule has 0 bridgehead atoms. The molecular formula is C47H28N4O. The van der Waals surface area contributed by atoms with Crippen LogP contribution in [0.25, 0.3) is 105 Å². The highest BCUT2D eigenvalue weighted by atomic mass is 16.3. The lowest BCUT2D eigenvalue weighted by Crippen LogP contribution is -2.01. The van der Waals surface area contributed by atoms with Crippen LogP contribution in [0.15, 0.2) is 174 Å². The molecule has 11 rings (SSSR count). The average molecular weight is 665 g/mol. The second-order valence-electron chi connectivity index (χ2n) is 13.3. The number of hydrogen-bond acceptors (Lipinski definition) is 4. The standard InChI is InChI=1S/C47H28N4O/c1-2-11-29(12-3-1)45-48-46(50-47(49-45)35-21-22-38-40-25-31-14-5-7-16-33(31)27-44(40)52-43(38)28-35)34-17-10-18-36(23-34)51-41-20-9-8-19-37(41)39-24-30-13-4-6-15-32(30)26-42(39)51/h1-28H. The SMILES string of the molecule is c1ccc(-c2nc(-c3cccc(-n4c5ccccc5c5cc6ccccc6cc54)c3)nc(-c3ccc4c(c3)oc3cc5ccccc5cc34)n2)cc1. The summed E-state index contributed by atoms with van der Waals surface area (Å²) < 4.78 is 8.78. The Morgan fingerprint density at radius 3 is 1.69 bits per heavy atom. The van der Waals surface area contributed by atoms with E-state index in [0.29, 0.717) is 17.5 Å². The topological polar surface area (TPSA) is 56.7 Å². The van der Waals surface area contributed by atoms with Gasteiger partial charge in [-0.2, -0.15) is 0 Å². The molecule has 0 radical (unpaired) electrons. The molecule has 5 heteroatoms. The van der Waals surface area contributed by atoms with Gasteiger partial charge in [-0.3, -0.25) is 0 Å². The molecule has 0 N–H and O–H groups in total. The van der Waals surface area contributed by atoms with E-state index in [1.807, 2.05) is 36.4 Å². The molecule has 242 valence electrons. The number of nitrogens with zero attached hydrogens (tertiary/aromatic N) is 4. The zero-order valence-electron chi connectivity index (χ0n) is 27.9. The van der Waals surface area contributed by atoms with E-state index in [9.17, 15) is 0 Å². The molecular weight excluding hydrogens is 637 g/mol. The van der Waals surface area contributed by atoms with Gasteiger partial charge in [0.05, 0.1) is 11.0 Å². The lowest BCUT2D eigenvalue weighted by Gasteiger charge is -2.12. The maximum atomic E-state index is 6.43. The summed E-state index contributed by atoms with van der Waals surface area (Å²) in [6, 6.07) is 59.3. The van der Waals surface area contributed by atoms with Crippen molar-refractivity contribution in [3.63, 3.8) is 0 Å². The molecule has 0 aliphatic heterocycles. The molecule has 8 aromatic carbocycles. The Bertz CT molecular complexity index is 3190. The lowest BCUT2D eigenvalue weighted by molar-refractivity contribution is 0.669. The molecule has 0 atom stereocenters. The molecule has 52 heavy (non-hydrogen) atoms. The predicted octanol–water partition coefficient (Wildman–Crippen LogP) is 12.2. The molecule has 3 aromatic heterocycles. The molecule has 0 unspecified atom stereocenters. The van der Waals surface area contributed by atoms with E-state index in [2.05, 4.69) is 138 Å². The van der Waals surface area contributed by atoms with E-state index in [0.717, 1.165) is 60.7 Å². The van der Waals surface area contributed by atoms with E-state index in [4.69, 9.17) is 19.4 Å². The van der Waals surface area contributed by atoms with Crippen molar-refractivity contribution in [3.05, 3.63) is 170 Å². The van der Waals surface area contributed by atoms with Crippen LogP contribution in [0, 0.1) is 0 Å². The van der Waals surface area contributed by atoms with Crippen molar-refractivity contribution in [2.75, 3.05) is 0 Å². The molecule has 11 aromatic rings. The van der Waals surface area contributed by atoms with Crippen LogP contribution in [0.5, 0.6) is 0 Å². The summed E-state index contributed by atoms with van der Waals surface area (Å²) in [5.74, 6) is 1.81. The third-order valence-electron chi connectivity index (χ3n) is 10.2. The van der Waals surface area contributed by atoms with Crippen LogP contribution in [0.4, 0.5) is 0 Å². The summed E-state index contributed by atoms with van der Waals surface area (Å²) in [5, 5.41) is 9.38. The smallest absolute Gasteiger partial charge is 0.164 e. The minimum absolute atomic E-state index is 0.588. The van der Waals surface area contributed by atoms with E-state index >= 15 is 0 Å². The van der Waals surface area contributed by atoms with Crippen LogP contribution in [-0.4, -0.2) is 19.5 Å². The van der Waals surface area contributed by atoms with Crippen LogP contribution < -0.4 is 0 Å². The van der Waals surface area contributed by atoms with Gasteiger partial charge in [-0.1, -0.05) is 115 Å². The number of rotatable bonds is 4. The van der Waals surface area contributed by atoms with Crippen molar-refractivity contribution in [3.8, 4) is 39.9 Å². The van der Waals surface area contributed by atoms with Crippen molar-refractivity contribution in [1.82, 2.24) is 19.5 Å². The predicted molar refractivity (Wildman–Crippen MR) is 213 cm³/mol. The second kappa shape index (κ2) is 11.2. The van der Waals surface area contributed by atoms with Crippen molar-refractivity contribution >= 4 is 65.3 Å². The molecule has 0 saturated carbocycles. The number of furan rings is 1. The summed E-state index contributed by atoms with van der Waals surface area (Å²) in [5.41, 5.74) is 7.70. The zero-order valence-corrected chi connectivity index (χ0v) is 27.9. The lowest BCUT2D eigenvalue weighted by atomic mass is 10.1. The first-order valence-corrected chi connectivity index (χ1v) is 17.4. The van der Waals surface area contributed by atoms with Gasteiger partial charge >= 0.3 is 0 Å². The first-order valence-electron chi connectivity index (χ1n) is 17.4. The molecule has 3 heterocycles. The number of aromatic nitrogens is 4. The second-order valence-corrected chi connectivity index (χ2v) is 13.3. The minimum atomic E-state index is 0.588. The number of fused-ring (bicyclic) bond motifs is 8.